The lowest BCUT2D eigenvalue weighted by Crippen LogP contribution is -2.35. The number of hydrogen-bond acceptors (Lipinski definition) is 3. The smallest absolute Gasteiger partial charge is 0.224 e. The van der Waals surface area contributed by atoms with E-state index >= 15 is 0 Å². The summed E-state index contributed by atoms with van der Waals surface area (Å²) >= 11 is 0. The van der Waals surface area contributed by atoms with Crippen LogP contribution in [-0.2, 0) is 4.79 Å². The number of piperidine rings is 1. The summed E-state index contributed by atoms with van der Waals surface area (Å²) in [6, 6.07) is 14.0. The molecule has 4 rings (SSSR count). The number of benzene rings is 1. The molecule has 4 nitrogen and oxygen atoms in total. The fraction of sp³-hybridized carbons (Fsp3) is 0.400. The van der Waals surface area contributed by atoms with Crippen LogP contribution in [0.5, 0.6) is 0 Å². The summed E-state index contributed by atoms with van der Waals surface area (Å²) in [6.45, 7) is 2.07. The Labute approximate surface area is 142 Å². The highest BCUT2D eigenvalue weighted by Gasteiger charge is 2.57. The molecule has 1 aromatic heterocycles. The first-order valence-electron chi connectivity index (χ1n) is 8.74. The lowest BCUT2D eigenvalue weighted by Gasteiger charge is -2.24. The van der Waals surface area contributed by atoms with E-state index in [0.29, 0.717) is 0 Å². The molecule has 2 N–H and O–H groups in total. The molecule has 24 heavy (non-hydrogen) atoms. The van der Waals surface area contributed by atoms with Crippen LogP contribution in [0.2, 0.25) is 0 Å². The molecule has 1 saturated carbocycles. The number of aromatic nitrogens is 1. The minimum atomic E-state index is -0.133. The van der Waals surface area contributed by atoms with Gasteiger partial charge in [0.05, 0.1) is 6.04 Å². The molecule has 1 amide bonds. The van der Waals surface area contributed by atoms with Gasteiger partial charge in [0.2, 0.25) is 5.91 Å². The van der Waals surface area contributed by atoms with Crippen molar-refractivity contribution in [3.05, 3.63) is 66.0 Å². The molecule has 1 aliphatic heterocycles. The largest absolute Gasteiger partial charge is 0.345 e. The van der Waals surface area contributed by atoms with Gasteiger partial charge in [0, 0.05) is 18.3 Å². The lowest BCUT2D eigenvalue weighted by atomic mass is 9.91. The molecule has 0 bridgehead atoms. The molecular formula is C20H23N3O. The zero-order valence-electron chi connectivity index (χ0n) is 13.7. The number of rotatable bonds is 4. The second-order valence-corrected chi connectivity index (χ2v) is 7.01. The molecule has 2 aliphatic rings. The van der Waals surface area contributed by atoms with Crippen LogP contribution < -0.4 is 10.6 Å². The zero-order valence-corrected chi connectivity index (χ0v) is 13.7. The predicted octanol–water partition coefficient (Wildman–Crippen LogP) is 2.68. The van der Waals surface area contributed by atoms with Crippen molar-refractivity contribution in [2.45, 2.75) is 25.3 Å². The van der Waals surface area contributed by atoms with E-state index < -0.39 is 0 Å². The van der Waals surface area contributed by atoms with Crippen molar-refractivity contribution in [2.24, 2.45) is 11.3 Å². The molecular weight excluding hydrogens is 298 g/mol. The summed E-state index contributed by atoms with van der Waals surface area (Å²) in [5.41, 5.74) is 2.38. The van der Waals surface area contributed by atoms with Crippen LogP contribution in [0.4, 0.5) is 0 Å². The van der Waals surface area contributed by atoms with Gasteiger partial charge in [-0.15, -0.1) is 0 Å². The maximum atomic E-state index is 12.9. The average Bonchev–Trinajstić information content (AvgIpc) is 3.34. The first kappa shape index (κ1) is 15.3. The lowest BCUT2D eigenvalue weighted by molar-refractivity contribution is -0.123. The van der Waals surface area contributed by atoms with E-state index in [2.05, 4.69) is 27.8 Å². The van der Waals surface area contributed by atoms with Crippen molar-refractivity contribution in [3.63, 3.8) is 0 Å². The second kappa shape index (κ2) is 6.36. The molecule has 4 heteroatoms. The van der Waals surface area contributed by atoms with Gasteiger partial charge < -0.3 is 10.6 Å². The quantitative estimate of drug-likeness (QED) is 0.910. The fourth-order valence-electron chi connectivity index (χ4n) is 3.99. The number of pyridine rings is 1. The summed E-state index contributed by atoms with van der Waals surface area (Å²) in [5, 5.41) is 6.68. The molecule has 2 atom stereocenters. The van der Waals surface area contributed by atoms with E-state index in [0.717, 1.165) is 43.5 Å². The molecule has 1 aliphatic carbocycles. The van der Waals surface area contributed by atoms with Gasteiger partial charge in [-0.25, -0.2) is 0 Å². The van der Waals surface area contributed by atoms with Crippen molar-refractivity contribution in [1.29, 1.82) is 0 Å². The number of nitrogens with one attached hydrogen (secondary N) is 2. The highest BCUT2D eigenvalue weighted by molar-refractivity contribution is 5.83. The Morgan fingerprint density at radius 2 is 1.88 bits per heavy atom. The number of carbonyl (C=O) groups is 1. The van der Waals surface area contributed by atoms with Crippen LogP contribution in [0.15, 0.2) is 54.9 Å². The van der Waals surface area contributed by atoms with E-state index in [1.165, 1.54) is 0 Å². The van der Waals surface area contributed by atoms with Crippen LogP contribution in [-0.4, -0.2) is 24.0 Å². The van der Waals surface area contributed by atoms with Crippen molar-refractivity contribution >= 4 is 5.91 Å². The van der Waals surface area contributed by atoms with Crippen LogP contribution in [0.25, 0.3) is 0 Å². The molecule has 1 spiro atoms. The van der Waals surface area contributed by atoms with Gasteiger partial charge in [0.1, 0.15) is 0 Å². The Morgan fingerprint density at radius 3 is 2.58 bits per heavy atom. The molecule has 2 fully saturated rings. The van der Waals surface area contributed by atoms with Gasteiger partial charge >= 0.3 is 0 Å². The minimum absolute atomic E-state index is 0.133. The number of nitrogens with zero attached hydrogens (tertiary/aromatic N) is 1. The van der Waals surface area contributed by atoms with E-state index in [-0.39, 0.29) is 23.3 Å². The standard InChI is InChI=1S/C20H23N3O/c24-19(17-13-20(17)8-11-21-12-9-20)23-18(15-5-2-1-3-6-15)16-7-4-10-22-14-16/h1-7,10,14,17-18,21H,8-9,11-13H2,(H,23,24). The van der Waals surface area contributed by atoms with Crippen LogP contribution in [0.3, 0.4) is 0 Å². The molecule has 1 saturated heterocycles. The van der Waals surface area contributed by atoms with Crippen molar-refractivity contribution in [3.8, 4) is 0 Å². The van der Waals surface area contributed by atoms with Crippen LogP contribution >= 0.6 is 0 Å². The first-order valence-corrected chi connectivity index (χ1v) is 8.74. The fourth-order valence-corrected chi connectivity index (χ4v) is 3.99. The molecule has 1 aromatic carbocycles. The Balaban J connectivity index is 1.53. The minimum Gasteiger partial charge on any atom is -0.345 e. The summed E-state index contributed by atoms with van der Waals surface area (Å²) in [5.74, 6) is 0.358. The normalized spacial score (nSPS) is 22.8. The van der Waals surface area contributed by atoms with Gasteiger partial charge in [-0.2, -0.15) is 0 Å². The number of carbonyl (C=O) groups excluding carboxylic acids is 1. The molecule has 124 valence electrons. The summed E-state index contributed by atoms with van der Waals surface area (Å²) in [6.07, 6.45) is 6.88. The third-order valence-corrected chi connectivity index (χ3v) is 5.54. The SMILES string of the molecule is O=C(NC(c1ccccc1)c1cccnc1)C1CC12CCNCC2. The number of amides is 1. The first-order chi connectivity index (χ1) is 11.8. The molecule has 2 heterocycles. The Bertz CT molecular complexity index is 656. The maximum absolute atomic E-state index is 12.9. The monoisotopic (exact) mass is 321 g/mol. The van der Waals surface area contributed by atoms with E-state index in [1.54, 1.807) is 6.20 Å². The summed E-state index contributed by atoms with van der Waals surface area (Å²) < 4.78 is 0. The van der Waals surface area contributed by atoms with Crippen molar-refractivity contribution in [2.75, 3.05) is 13.1 Å². The van der Waals surface area contributed by atoms with Crippen molar-refractivity contribution < 1.29 is 4.79 Å². The van der Waals surface area contributed by atoms with Gasteiger partial charge in [0.15, 0.2) is 0 Å². The summed E-state index contributed by atoms with van der Waals surface area (Å²) in [7, 11) is 0. The van der Waals surface area contributed by atoms with Gasteiger partial charge in [0.25, 0.3) is 0 Å². The third kappa shape index (κ3) is 2.94. The highest BCUT2D eigenvalue weighted by atomic mass is 16.2. The van der Waals surface area contributed by atoms with E-state index in [4.69, 9.17) is 0 Å². The van der Waals surface area contributed by atoms with Gasteiger partial charge in [-0.05, 0) is 55.0 Å². The molecule has 2 unspecified atom stereocenters. The third-order valence-electron chi connectivity index (χ3n) is 5.54. The summed E-state index contributed by atoms with van der Waals surface area (Å²) in [4.78, 5) is 17.1. The Kier molecular flexibility index (Phi) is 4.07. The Hall–Kier alpha value is -2.20. The number of hydrogen-bond donors (Lipinski definition) is 2. The van der Waals surface area contributed by atoms with E-state index in [9.17, 15) is 4.79 Å². The highest BCUT2D eigenvalue weighted by Crippen LogP contribution is 2.58. The Morgan fingerprint density at radius 1 is 1.12 bits per heavy atom. The molecule has 2 aromatic rings. The predicted molar refractivity (Wildman–Crippen MR) is 93.3 cm³/mol. The average molecular weight is 321 g/mol. The van der Waals surface area contributed by atoms with Gasteiger partial charge in [-0.3, -0.25) is 9.78 Å². The zero-order chi connectivity index (χ0) is 16.4. The van der Waals surface area contributed by atoms with E-state index in [1.807, 2.05) is 36.5 Å². The van der Waals surface area contributed by atoms with Gasteiger partial charge in [-0.1, -0.05) is 36.4 Å². The second-order valence-electron chi connectivity index (χ2n) is 7.01. The van der Waals surface area contributed by atoms with Crippen LogP contribution in [0.1, 0.15) is 36.4 Å². The topological polar surface area (TPSA) is 54.0 Å². The van der Waals surface area contributed by atoms with Crippen LogP contribution in [0, 0.1) is 11.3 Å². The van der Waals surface area contributed by atoms with Crippen molar-refractivity contribution in [1.82, 2.24) is 15.6 Å². The maximum Gasteiger partial charge on any atom is 0.224 e. The molecule has 0 radical (unpaired) electrons.